The monoisotopic (exact) mass is 373 g/mol. The van der Waals surface area contributed by atoms with Crippen LogP contribution in [0.2, 0.25) is 0 Å². The third kappa shape index (κ3) is 6.34. The number of nitrogens with zero attached hydrogens (tertiary/aromatic N) is 4. The summed E-state index contributed by atoms with van der Waals surface area (Å²) in [4.78, 5) is 26.0. The van der Waals surface area contributed by atoms with E-state index in [1.807, 2.05) is 44.2 Å². The number of methoxy groups -OCH3 is 1. The Morgan fingerprint density at radius 2 is 1.89 bits per heavy atom. The minimum atomic E-state index is -0.336. The standard InChI is InChI=1S/C16H16N4O3.C2H6.CH5N/c1-22-13(21)9-20-8-7-17-14-15(20)18-11-19-16(14)23-10-12-5-3-2-4-6-12;2*1-2/h2-7,11H,8-10H2,1H3;1-2H3;2H2,1H3. The van der Waals surface area contributed by atoms with Crippen molar-refractivity contribution >= 4 is 23.7 Å². The zero-order chi connectivity index (χ0) is 20.1. The van der Waals surface area contributed by atoms with E-state index in [0.29, 0.717) is 30.5 Å². The van der Waals surface area contributed by atoms with Crippen LogP contribution in [0.3, 0.4) is 0 Å². The van der Waals surface area contributed by atoms with Gasteiger partial charge in [-0.2, -0.15) is 4.98 Å². The van der Waals surface area contributed by atoms with E-state index in [-0.39, 0.29) is 12.5 Å². The first kappa shape index (κ1) is 22.0. The lowest BCUT2D eigenvalue weighted by molar-refractivity contribution is -0.138. The van der Waals surface area contributed by atoms with E-state index in [4.69, 9.17) is 9.47 Å². The van der Waals surface area contributed by atoms with E-state index < -0.39 is 0 Å². The summed E-state index contributed by atoms with van der Waals surface area (Å²) in [5.41, 5.74) is 6.06. The van der Waals surface area contributed by atoms with Crippen molar-refractivity contribution in [2.75, 3.05) is 32.1 Å². The quantitative estimate of drug-likeness (QED) is 0.802. The topological polar surface area (TPSA) is 103 Å². The van der Waals surface area contributed by atoms with Crippen LogP contribution in [0.4, 0.5) is 11.5 Å². The molecule has 0 atom stereocenters. The van der Waals surface area contributed by atoms with Crippen LogP contribution in [0.25, 0.3) is 0 Å². The fourth-order valence-corrected chi connectivity index (χ4v) is 2.21. The van der Waals surface area contributed by atoms with Crippen LogP contribution in [-0.4, -0.2) is 49.4 Å². The first-order chi connectivity index (χ1) is 13.3. The summed E-state index contributed by atoms with van der Waals surface area (Å²) in [6, 6.07) is 9.79. The SMILES string of the molecule is CC.CN.COC(=O)CN1CC=Nc2c(OCc3ccccc3)ncnc21. The van der Waals surface area contributed by atoms with Crippen molar-refractivity contribution in [2.24, 2.45) is 10.7 Å². The van der Waals surface area contributed by atoms with Gasteiger partial charge >= 0.3 is 5.97 Å². The first-order valence-electron chi connectivity index (χ1n) is 8.71. The fourth-order valence-electron chi connectivity index (χ4n) is 2.21. The average molecular weight is 373 g/mol. The van der Waals surface area contributed by atoms with Gasteiger partial charge in [0.15, 0.2) is 11.5 Å². The van der Waals surface area contributed by atoms with Crippen molar-refractivity contribution < 1.29 is 14.3 Å². The Hall–Kier alpha value is -3.00. The highest BCUT2D eigenvalue weighted by Crippen LogP contribution is 2.36. The third-order valence-electron chi connectivity index (χ3n) is 3.36. The minimum Gasteiger partial charge on any atom is -0.471 e. The number of benzene rings is 1. The molecule has 0 amide bonds. The van der Waals surface area contributed by atoms with E-state index in [9.17, 15) is 4.79 Å². The molecule has 1 aliphatic rings. The molecule has 146 valence electrons. The van der Waals surface area contributed by atoms with Crippen LogP contribution >= 0.6 is 0 Å². The van der Waals surface area contributed by atoms with Gasteiger partial charge in [-0.05, 0) is 12.6 Å². The van der Waals surface area contributed by atoms with Crippen molar-refractivity contribution in [1.82, 2.24) is 9.97 Å². The molecule has 1 aromatic carbocycles. The Morgan fingerprint density at radius 3 is 2.56 bits per heavy atom. The molecule has 8 nitrogen and oxygen atoms in total. The number of carbonyl (C=O) groups excluding carboxylic acids is 1. The molecule has 2 N–H and O–H groups in total. The van der Waals surface area contributed by atoms with Gasteiger partial charge in [-0.15, -0.1) is 0 Å². The van der Waals surface area contributed by atoms with Crippen molar-refractivity contribution in [3.8, 4) is 5.88 Å². The summed E-state index contributed by atoms with van der Waals surface area (Å²) in [6.45, 7) is 4.97. The highest BCUT2D eigenvalue weighted by molar-refractivity contribution is 5.85. The Morgan fingerprint density at radius 1 is 1.19 bits per heavy atom. The first-order valence-corrected chi connectivity index (χ1v) is 8.71. The second-order valence-electron chi connectivity index (χ2n) is 4.89. The van der Waals surface area contributed by atoms with E-state index in [0.717, 1.165) is 5.56 Å². The number of aromatic nitrogens is 2. The molecule has 27 heavy (non-hydrogen) atoms. The summed E-state index contributed by atoms with van der Waals surface area (Å²) < 4.78 is 10.5. The number of aliphatic imine (C=N–C) groups is 1. The average Bonchev–Trinajstić information content (AvgIpc) is 2.76. The molecule has 2 heterocycles. The molecule has 1 aromatic heterocycles. The minimum absolute atomic E-state index is 0.102. The smallest absolute Gasteiger partial charge is 0.325 e. The lowest BCUT2D eigenvalue weighted by Crippen LogP contribution is -2.34. The molecule has 2 aromatic rings. The van der Waals surface area contributed by atoms with E-state index in [1.165, 1.54) is 20.5 Å². The van der Waals surface area contributed by atoms with Crippen molar-refractivity contribution in [2.45, 2.75) is 20.5 Å². The molecule has 8 heteroatoms. The Balaban J connectivity index is 0.000000855. The highest BCUT2D eigenvalue weighted by Gasteiger charge is 2.22. The number of carbonyl (C=O) groups is 1. The zero-order valence-corrected chi connectivity index (χ0v) is 16.3. The number of ether oxygens (including phenoxy) is 2. The molecule has 3 rings (SSSR count). The number of rotatable bonds is 5. The summed E-state index contributed by atoms with van der Waals surface area (Å²) in [5, 5.41) is 0. The van der Waals surface area contributed by atoms with Crippen LogP contribution in [0.1, 0.15) is 19.4 Å². The summed E-state index contributed by atoms with van der Waals surface area (Å²) >= 11 is 0. The van der Waals surface area contributed by atoms with Crippen LogP contribution in [0.15, 0.2) is 41.7 Å². The summed E-state index contributed by atoms with van der Waals surface area (Å²) in [6.07, 6.45) is 3.11. The molecule has 1 aliphatic heterocycles. The second-order valence-corrected chi connectivity index (χ2v) is 4.89. The Kier molecular flexibility index (Phi) is 10.1. The third-order valence-corrected chi connectivity index (χ3v) is 3.36. The number of fused-ring (bicyclic) bond motifs is 1. The van der Waals surface area contributed by atoms with Gasteiger partial charge in [0.25, 0.3) is 0 Å². The lowest BCUT2D eigenvalue weighted by atomic mass is 10.2. The van der Waals surface area contributed by atoms with Gasteiger partial charge in [0.1, 0.15) is 19.5 Å². The van der Waals surface area contributed by atoms with Crippen LogP contribution in [0.5, 0.6) is 5.88 Å². The van der Waals surface area contributed by atoms with Gasteiger partial charge in [-0.1, -0.05) is 44.2 Å². The van der Waals surface area contributed by atoms with Crippen molar-refractivity contribution in [3.63, 3.8) is 0 Å². The number of nitrogens with two attached hydrogens (primary N) is 1. The van der Waals surface area contributed by atoms with Gasteiger partial charge < -0.3 is 20.1 Å². The number of anilines is 1. The predicted molar refractivity (Wildman–Crippen MR) is 107 cm³/mol. The van der Waals surface area contributed by atoms with Crippen LogP contribution < -0.4 is 15.4 Å². The maximum atomic E-state index is 11.5. The molecule has 0 unspecified atom stereocenters. The van der Waals surface area contributed by atoms with Gasteiger partial charge in [0, 0.05) is 6.21 Å². The molecule has 0 radical (unpaired) electrons. The van der Waals surface area contributed by atoms with Crippen molar-refractivity contribution in [3.05, 3.63) is 42.2 Å². The normalized spacial score (nSPS) is 11.2. The van der Waals surface area contributed by atoms with Gasteiger partial charge in [-0.25, -0.2) is 9.98 Å². The highest BCUT2D eigenvalue weighted by atomic mass is 16.5. The molecule has 0 saturated carbocycles. The maximum absolute atomic E-state index is 11.5. The molecule has 0 bridgehead atoms. The van der Waals surface area contributed by atoms with E-state index in [2.05, 4.69) is 20.7 Å². The largest absolute Gasteiger partial charge is 0.471 e. The molecular formula is C19H27N5O3. The summed E-state index contributed by atoms with van der Waals surface area (Å²) in [7, 11) is 2.86. The van der Waals surface area contributed by atoms with Gasteiger partial charge in [-0.3, -0.25) is 4.79 Å². The second kappa shape index (κ2) is 12.4. The molecule has 0 aliphatic carbocycles. The number of hydrogen-bond donors (Lipinski definition) is 1. The summed E-state index contributed by atoms with van der Waals surface area (Å²) in [5.74, 6) is 0.622. The van der Waals surface area contributed by atoms with Crippen LogP contribution in [-0.2, 0) is 16.1 Å². The fraction of sp³-hybridized carbons (Fsp3) is 0.368. The zero-order valence-electron chi connectivity index (χ0n) is 16.3. The molecule has 0 fully saturated rings. The number of esters is 1. The maximum Gasteiger partial charge on any atom is 0.325 e. The predicted octanol–water partition coefficient (Wildman–Crippen LogP) is 2.35. The van der Waals surface area contributed by atoms with E-state index in [1.54, 1.807) is 11.1 Å². The van der Waals surface area contributed by atoms with E-state index >= 15 is 0 Å². The van der Waals surface area contributed by atoms with Gasteiger partial charge in [0.2, 0.25) is 5.88 Å². The Labute approximate surface area is 160 Å². The molecule has 0 spiro atoms. The number of hydrogen-bond acceptors (Lipinski definition) is 8. The van der Waals surface area contributed by atoms with Crippen molar-refractivity contribution in [1.29, 1.82) is 0 Å². The molecule has 0 saturated heterocycles. The lowest BCUT2D eigenvalue weighted by Gasteiger charge is -2.25. The Bertz CT molecular complexity index is 723. The molecular weight excluding hydrogens is 346 g/mol. The van der Waals surface area contributed by atoms with Gasteiger partial charge in [0.05, 0.1) is 13.7 Å². The van der Waals surface area contributed by atoms with Crippen LogP contribution in [0, 0.1) is 0 Å².